The topological polar surface area (TPSA) is 59.1 Å². The monoisotopic (exact) mass is 358 g/mol. The van der Waals surface area contributed by atoms with Gasteiger partial charge in [0.05, 0.1) is 4.90 Å². The first-order valence-electron chi connectivity index (χ1n) is 7.50. The lowest BCUT2D eigenvalue weighted by atomic mass is 10.2. The summed E-state index contributed by atoms with van der Waals surface area (Å²) in [4.78, 5) is 5.65. The van der Waals surface area contributed by atoms with E-state index in [1.54, 1.807) is 36.7 Å². The van der Waals surface area contributed by atoms with Crippen molar-refractivity contribution in [3.63, 3.8) is 0 Å². The maximum Gasteiger partial charge on any atom is 0.241 e. The zero-order valence-electron chi connectivity index (χ0n) is 13.5. The summed E-state index contributed by atoms with van der Waals surface area (Å²) in [6.07, 6.45) is 3.47. The average molecular weight is 358 g/mol. The lowest BCUT2D eigenvalue weighted by molar-refractivity contribution is 0.580. The van der Waals surface area contributed by atoms with Crippen molar-refractivity contribution < 1.29 is 8.42 Å². The fraction of sp³-hybridized carbons (Fsp3) is 0.167. The second-order valence-corrected chi connectivity index (χ2v) is 8.34. The molecular weight excluding hydrogens is 340 g/mol. The van der Waals surface area contributed by atoms with Gasteiger partial charge in [-0.1, -0.05) is 18.2 Å². The largest absolute Gasteiger partial charge is 0.264 e. The third-order valence-corrected chi connectivity index (χ3v) is 6.16. The van der Waals surface area contributed by atoms with E-state index < -0.39 is 10.0 Å². The predicted octanol–water partition coefficient (Wildman–Crippen LogP) is 3.91. The van der Waals surface area contributed by atoms with Gasteiger partial charge in [0.2, 0.25) is 10.0 Å². The number of hydrogen-bond donors (Lipinski definition) is 1. The Balaban J connectivity index is 1.80. The van der Waals surface area contributed by atoms with Gasteiger partial charge < -0.3 is 0 Å². The van der Waals surface area contributed by atoms with E-state index >= 15 is 0 Å². The van der Waals surface area contributed by atoms with Crippen LogP contribution in [0.15, 0.2) is 59.1 Å². The summed E-state index contributed by atoms with van der Waals surface area (Å²) in [6, 6.07) is 11.4. The van der Waals surface area contributed by atoms with E-state index in [9.17, 15) is 8.42 Å². The molecule has 3 aromatic rings. The molecule has 0 saturated carbocycles. The Bertz CT molecular complexity index is 949. The Morgan fingerprint density at radius 2 is 1.96 bits per heavy atom. The van der Waals surface area contributed by atoms with Gasteiger partial charge in [0.15, 0.2) is 0 Å². The van der Waals surface area contributed by atoms with Crippen LogP contribution in [0.25, 0.3) is 10.4 Å². The van der Waals surface area contributed by atoms with Gasteiger partial charge >= 0.3 is 0 Å². The van der Waals surface area contributed by atoms with Crippen LogP contribution in [-0.4, -0.2) is 13.4 Å². The first kappa shape index (κ1) is 16.8. The molecular formula is C18H18N2O2S2. The Kier molecular flexibility index (Phi) is 4.80. The number of rotatable bonds is 5. The summed E-state index contributed by atoms with van der Waals surface area (Å²) >= 11 is 1.63. The number of aryl methyl sites for hydroxylation is 2. The minimum atomic E-state index is -3.55. The van der Waals surface area contributed by atoms with Crippen LogP contribution < -0.4 is 4.72 Å². The lowest BCUT2D eigenvalue weighted by Gasteiger charge is -2.10. The molecule has 0 radical (unpaired) electrons. The van der Waals surface area contributed by atoms with Gasteiger partial charge in [-0.15, -0.1) is 11.3 Å². The number of pyridine rings is 1. The van der Waals surface area contributed by atoms with E-state index in [-0.39, 0.29) is 6.54 Å². The number of hydrogen-bond acceptors (Lipinski definition) is 4. The summed E-state index contributed by atoms with van der Waals surface area (Å²) in [6.45, 7) is 3.89. The predicted molar refractivity (Wildman–Crippen MR) is 97.5 cm³/mol. The zero-order valence-corrected chi connectivity index (χ0v) is 15.1. The minimum absolute atomic E-state index is 0.210. The molecule has 0 aliphatic heterocycles. The fourth-order valence-corrected chi connectivity index (χ4v) is 4.47. The van der Waals surface area contributed by atoms with E-state index in [0.29, 0.717) is 4.90 Å². The molecule has 0 unspecified atom stereocenters. The van der Waals surface area contributed by atoms with Crippen LogP contribution in [0.1, 0.15) is 16.7 Å². The number of thiophene rings is 1. The number of nitrogens with one attached hydrogen (secondary N) is 1. The zero-order chi connectivity index (χ0) is 17.2. The first-order valence-corrected chi connectivity index (χ1v) is 9.87. The molecule has 4 nitrogen and oxygen atoms in total. The highest BCUT2D eigenvalue weighted by Gasteiger charge is 2.16. The molecule has 3 rings (SSSR count). The highest BCUT2D eigenvalue weighted by molar-refractivity contribution is 7.89. The molecule has 1 N–H and O–H groups in total. The summed E-state index contributed by atoms with van der Waals surface area (Å²) in [5.41, 5.74) is 3.48. The molecule has 0 saturated heterocycles. The van der Waals surface area contributed by atoms with Crippen LogP contribution in [0.3, 0.4) is 0 Å². The van der Waals surface area contributed by atoms with E-state index in [1.807, 2.05) is 42.6 Å². The molecule has 2 aromatic heterocycles. The molecule has 0 spiro atoms. The standard InChI is InChI=1S/C18H18N2O2S2/c1-13-5-6-14(2)18(8-13)24(21,22)20-11-15-9-16(12-19-10-15)17-4-3-7-23-17/h3-10,12,20H,11H2,1-2H3. The Morgan fingerprint density at radius 3 is 2.71 bits per heavy atom. The lowest BCUT2D eigenvalue weighted by Crippen LogP contribution is -2.24. The summed E-state index contributed by atoms with van der Waals surface area (Å²) in [5, 5.41) is 2.01. The third kappa shape index (κ3) is 3.72. The molecule has 24 heavy (non-hydrogen) atoms. The van der Waals surface area contributed by atoms with E-state index in [0.717, 1.165) is 27.1 Å². The maximum absolute atomic E-state index is 12.6. The van der Waals surface area contributed by atoms with Crippen LogP contribution in [0.5, 0.6) is 0 Å². The van der Waals surface area contributed by atoms with Crippen molar-refractivity contribution in [3.05, 3.63) is 70.9 Å². The van der Waals surface area contributed by atoms with Gasteiger partial charge in [0.25, 0.3) is 0 Å². The van der Waals surface area contributed by atoms with Gasteiger partial charge in [0.1, 0.15) is 0 Å². The molecule has 0 amide bonds. The highest BCUT2D eigenvalue weighted by atomic mass is 32.2. The van der Waals surface area contributed by atoms with Crippen molar-refractivity contribution in [2.24, 2.45) is 0 Å². The first-order chi connectivity index (χ1) is 11.5. The molecule has 0 aliphatic rings. The highest BCUT2D eigenvalue weighted by Crippen LogP contribution is 2.24. The fourth-order valence-electron chi connectivity index (χ4n) is 2.41. The molecule has 0 aliphatic carbocycles. The van der Waals surface area contributed by atoms with Crippen LogP contribution in [0.2, 0.25) is 0 Å². The third-order valence-electron chi connectivity index (χ3n) is 3.70. The van der Waals surface area contributed by atoms with Crippen LogP contribution in [-0.2, 0) is 16.6 Å². The SMILES string of the molecule is Cc1ccc(C)c(S(=O)(=O)NCc2cncc(-c3cccs3)c2)c1. The maximum atomic E-state index is 12.6. The molecule has 0 atom stereocenters. The van der Waals surface area contributed by atoms with Gasteiger partial charge in [-0.25, -0.2) is 13.1 Å². The normalized spacial score (nSPS) is 11.6. The number of sulfonamides is 1. The number of benzene rings is 1. The average Bonchev–Trinajstić information content (AvgIpc) is 3.10. The van der Waals surface area contributed by atoms with Crippen molar-refractivity contribution in [1.82, 2.24) is 9.71 Å². The van der Waals surface area contributed by atoms with E-state index in [1.165, 1.54) is 0 Å². The molecule has 2 heterocycles. The molecule has 1 aromatic carbocycles. The molecule has 0 bridgehead atoms. The van der Waals surface area contributed by atoms with Gasteiger partial charge in [-0.2, -0.15) is 0 Å². The van der Waals surface area contributed by atoms with Gasteiger partial charge in [-0.05, 0) is 54.1 Å². The molecule has 0 fully saturated rings. The smallest absolute Gasteiger partial charge is 0.241 e. The Hall–Kier alpha value is -2.02. The van der Waals surface area contributed by atoms with Crippen molar-refractivity contribution >= 4 is 21.4 Å². The van der Waals surface area contributed by atoms with E-state index in [2.05, 4.69) is 9.71 Å². The van der Waals surface area contributed by atoms with E-state index in [4.69, 9.17) is 0 Å². The van der Waals surface area contributed by atoms with Crippen LogP contribution in [0.4, 0.5) is 0 Å². The number of aromatic nitrogens is 1. The molecule has 6 heteroatoms. The number of nitrogens with zero attached hydrogens (tertiary/aromatic N) is 1. The quantitative estimate of drug-likeness (QED) is 0.752. The van der Waals surface area contributed by atoms with Crippen molar-refractivity contribution in [3.8, 4) is 10.4 Å². The molecule has 124 valence electrons. The van der Waals surface area contributed by atoms with Gasteiger partial charge in [0, 0.05) is 29.4 Å². The van der Waals surface area contributed by atoms with Crippen molar-refractivity contribution in [1.29, 1.82) is 0 Å². The van der Waals surface area contributed by atoms with Crippen molar-refractivity contribution in [2.75, 3.05) is 0 Å². The summed E-state index contributed by atoms with van der Waals surface area (Å²) < 4.78 is 27.8. The van der Waals surface area contributed by atoms with Crippen molar-refractivity contribution in [2.45, 2.75) is 25.3 Å². The van der Waals surface area contributed by atoms with Crippen LogP contribution in [0, 0.1) is 13.8 Å². The van der Waals surface area contributed by atoms with Crippen LogP contribution >= 0.6 is 11.3 Å². The summed E-state index contributed by atoms with van der Waals surface area (Å²) in [5.74, 6) is 0. The Labute approximate surface area is 146 Å². The Morgan fingerprint density at radius 1 is 1.12 bits per heavy atom. The van der Waals surface area contributed by atoms with Gasteiger partial charge in [-0.3, -0.25) is 4.98 Å². The second-order valence-electron chi connectivity index (χ2n) is 5.65. The summed E-state index contributed by atoms with van der Waals surface area (Å²) in [7, 11) is -3.55. The second kappa shape index (κ2) is 6.84. The minimum Gasteiger partial charge on any atom is -0.264 e.